The smallest absolute Gasteiger partial charge is 0.329 e. The van der Waals surface area contributed by atoms with Crippen molar-refractivity contribution in [1.82, 2.24) is 10.3 Å². The van der Waals surface area contributed by atoms with Gasteiger partial charge in [0.1, 0.15) is 5.54 Å². The molecule has 2 fully saturated rings. The van der Waals surface area contributed by atoms with Crippen molar-refractivity contribution in [3.8, 4) is 0 Å². The van der Waals surface area contributed by atoms with Gasteiger partial charge in [0, 0.05) is 11.3 Å². The Labute approximate surface area is 114 Å². The van der Waals surface area contributed by atoms with Crippen LogP contribution in [0.3, 0.4) is 0 Å². The topological polar surface area (TPSA) is 91.3 Å². The molecule has 0 atom stereocenters. The maximum atomic E-state index is 11.8. The number of aliphatic carboxylic acids is 1. The number of aromatic nitrogens is 1. The fraction of sp³-hybridized carbons (Fsp3) is 0.583. The minimum Gasteiger partial charge on any atom is -0.480 e. The quantitative estimate of drug-likeness (QED) is 0.788. The van der Waals surface area contributed by atoms with Crippen LogP contribution >= 0.6 is 11.3 Å². The number of nitrogens with one attached hydrogen (secondary N) is 2. The number of anilines is 1. The first kappa shape index (κ1) is 12.4. The maximum Gasteiger partial charge on any atom is 0.329 e. The number of rotatable bonds is 4. The summed E-state index contributed by atoms with van der Waals surface area (Å²) in [5.74, 6) is -0.418. The minimum atomic E-state index is -1.08. The van der Waals surface area contributed by atoms with E-state index in [9.17, 15) is 9.59 Å². The second-order valence-electron chi connectivity index (χ2n) is 5.17. The van der Waals surface area contributed by atoms with E-state index in [1.165, 1.54) is 11.3 Å². The Balaban J connectivity index is 1.59. The monoisotopic (exact) mass is 281 g/mol. The highest BCUT2D eigenvalue weighted by Gasteiger charge is 2.45. The summed E-state index contributed by atoms with van der Waals surface area (Å²) >= 11 is 1.38. The van der Waals surface area contributed by atoms with Crippen LogP contribution in [0.2, 0.25) is 0 Å². The lowest BCUT2D eigenvalue weighted by Gasteiger charge is -2.37. The van der Waals surface area contributed by atoms with E-state index in [1.807, 2.05) is 5.38 Å². The first-order chi connectivity index (χ1) is 9.09. The lowest BCUT2D eigenvalue weighted by molar-refractivity contribution is -0.148. The lowest BCUT2D eigenvalue weighted by atomic mass is 9.77. The highest BCUT2D eigenvalue weighted by molar-refractivity contribution is 7.13. The summed E-state index contributed by atoms with van der Waals surface area (Å²) in [6.45, 7) is 0. The predicted octanol–water partition coefficient (Wildman–Crippen LogP) is 2.15. The highest BCUT2D eigenvalue weighted by Crippen LogP contribution is 2.40. The third-order valence-corrected chi connectivity index (χ3v) is 4.48. The molecule has 1 aromatic heterocycles. The maximum absolute atomic E-state index is 11.8. The third-order valence-electron chi connectivity index (χ3n) is 3.71. The van der Waals surface area contributed by atoms with Crippen molar-refractivity contribution in [2.75, 3.05) is 5.32 Å². The first-order valence-electron chi connectivity index (χ1n) is 6.37. The fourth-order valence-corrected chi connectivity index (χ4v) is 2.97. The van der Waals surface area contributed by atoms with Crippen LogP contribution in [-0.2, 0) is 4.79 Å². The predicted molar refractivity (Wildman–Crippen MR) is 70.5 cm³/mol. The van der Waals surface area contributed by atoms with E-state index in [2.05, 4.69) is 15.6 Å². The van der Waals surface area contributed by atoms with Crippen molar-refractivity contribution in [1.29, 1.82) is 0 Å². The average molecular weight is 281 g/mol. The van der Waals surface area contributed by atoms with E-state index in [0.29, 0.717) is 23.9 Å². The molecule has 6 nitrogen and oxygen atoms in total. The molecule has 1 aromatic rings. The average Bonchev–Trinajstić information content (AvgIpc) is 3.05. The molecule has 3 N–H and O–H groups in total. The molecule has 0 saturated heterocycles. The van der Waals surface area contributed by atoms with Gasteiger partial charge in [0.05, 0.1) is 5.69 Å². The van der Waals surface area contributed by atoms with Gasteiger partial charge in [-0.2, -0.15) is 0 Å². The SMILES string of the molecule is O=C(Nc1nc(C2CC2)cs1)NC1(C(=O)O)CCC1. The zero-order chi connectivity index (χ0) is 13.5. The number of hydrogen-bond acceptors (Lipinski definition) is 4. The second kappa shape index (κ2) is 4.48. The molecule has 0 aromatic carbocycles. The van der Waals surface area contributed by atoms with Gasteiger partial charge in [0.15, 0.2) is 5.13 Å². The van der Waals surface area contributed by atoms with Crippen LogP contribution in [0.5, 0.6) is 0 Å². The van der Waals surface area contributed by atoms with Gasteiger partial charge < -0.3 is 10.4 Å². The molecule has 2 amide bonds. The van der Waals surface area contributed by atoms with Crippen LogP contribution in [-0.4, -0.2) is 27.6 Å². The Bertz CT molecular complexity index is 520. The van der Waals surface area contributed by atoms with Crippen LogP contribution in [0.4, 0.5) is 9.93 Å². The lowest BCUT2D eigenvalue weighted by Crippen LogP contribution is -2.60. The third kappa shape index (κ3) is 2.42. The van der Waals surface area contributed by atoms with Crippen molar-refractivity contribution in [2.24, 2.45) is 0 Å². The normalized spacial score (nSPS) is 20.4. The number of hydrogen-bond donors (Lipinski definition) is 3. The van der Waals surface area contributed by atoms with E-state index in [-0.39, 0.29) is 0 Å². The first-order valence-corrected chi connectivity index (χ1v) is 7.25. The summed E-state index contributed by atoms with van der Waals surface area (Å²) in [5, 5.41) is 16.8. The summed E-state index contributed by atoms with van der Waals surface area (Å²) < 4.78 is 0. The van der Waals surface area contributed by atoms with Gasteiger partial charge in [-0.15, -0.1) is 11.3 Å². The number of carbonyl (C=O) groups is 2. The van der Waals surface area contributed by atoms with Gasteiger partial charge in [0.2, 0.25) is 0 Å². The number of amides is 2. The van der Waals surface area contributed by atoms with Crippen molar-refractivity contribution in [3.05, 3.63) is 11.1 Å². The number of carboxylic acids is 1. The number of urea groups is 1. The van der Waals surface area contributed by atoms with Gasteiger partial charge in [-0.25, -0.2) is 14.6 Å². The van der Waals surface area contributed by atoms with Crippen molar-refractivity contribution in [3.63, 3.8) is 0 Å². The summed E-state index contributed by atoms with van der Waals surface area (Å²) in [7, 11) is 0. The summed E-state index contributed by atoms with van der Waals surface area (Å²) in [6.07, 6.45) is 4.13. The van der Waals surface area contributed by atoms with Gasteiger partial charge >= 0.3 is 12.0 Å². The van der Waals surface area contributed by atoms with E-state index in [0.717, 1.165) is 25.0 Å². The molecule has 0 aliphatic heterocycles. The van der Waals surface area contributed by atoms with Gasteiger partial charge in [0.25, 0.3) is 0 Å². The number of carbonyl (C=O) groups excluding carboxylic acids is 1. The van der Waals surface area contributed by atoms with Crippen LogP contribution in [0.15, 0.2) is 5.38 Å². The molecule has 3 rings (SSSR count). The Hall–Kier alpha value is -1.63. The summed E-state index contributed by atoms with van der Waals surface area (Å²) in [4.78, 5) is 27.3. The van der Waals surface area contributed by atoms with Crippen molar-refractivity contribution >= 4 is 28.5 Å². The Morgan fingerprint density at radius 3 is 2.68 bits per heavy atom. The van der Waals surface area contributed by atoms with Crippen LogP contribution in [0, 0.1) is 0 Å². The van der Waals surface area contributed by atoms with Crippen molar-refractivity contribution < 1.29 is 14.7 Å². The van der Waals surface area contributed by atoms with Crippen molar-refractivity contribution in [2.45, 2.75) is 43.6 Å². The molecule has 7 heteroatoms. The molecule has 102 valence electrons. The molecule has 0 radical (unpaired) electrons. The molecule has 2 aliphatic rings. The molecule has 1 heterocycles. The Kier molecular flexibility index (Phi) is 2.93. The van der Waals surface area contributed by atoms with E-state index >= 15 is 0 Å². The number of thiazole rings is 1. The Morgan fingerprint density at radius 2 is 2.16 bits per heavy atom. The zero-order valence-corrected chi connectivity index (χ0v) is 11.1. The Morgan fingerprint density at radius 1 is 1.42 bits per heavy atom. The number of nitrogens with zero attached hydrogens (tertiary/aromatic N) is 1. The minimum absolute atomic E-state index is 0.487. The van der Waals surface area contributed by atoms with E-state index < -0.39 is 17.5 Å². The molecule has 0 bridgehead atoms. The molecule has 0 spiro atoms. The standard InChI is InChI=1S/C12H15N3O3S/c16-9(17)12(4-1-5-12)15-10(18)14-11-13-8(6-19-11)7-2-3-7/h6-7H,1-5H2,(H,16,17)(H2,13,14,15,18). The van der Waals surface area contributed by atoms with E-state index in [4.69, 9.17) is 5.11 Å². The molecule has 0 unspecified atom stereocenters. The molecule has 19 heavy (non-hydrogen) atoms. The second-order valence-corrected chi connectivity index (χ2v) is 6.03. The molecular formula is C12H15N3O3S. The van der Waals surface area contributed by atoms with Crippen LogP contribution < -0.4 is 10.6 Å². The van der Waals surface area contributed by atoms with Crippen LogP contribution in [0.25, 0.3) is 0 Å². The van der Waals surface area contributed by atoms with Gasteiger partial charge in [-0.3, -0.25) is 5.32 Å². The molecule has 2 aliphatic carbocycles. The largest absolute Gasteiger partial charge is 0.480 e. The number of carboxylic acid groups (broad SMARTS) is 1. The zero-order valence-electron chi connectivity index (χ0n) is 10.3. The van der Waals surface area contributed by atoms with E-state index in [1.54, 1.807) is 0 Å². The van der Waals surface area contributed by atoms with Crippen LogP contribution in [0.1, 0.15) is 43.7 Å². The van der Waals surface area contributed by atoms with Gasteiger partial charge in [-0.05, 0) is 32.1 Å². The van der Waals surface area contributed by atoms with Gasteiger partial charge in [-0.1, -0.05) is 0 Å². The molecule has 2 saturated carbocycles. The molecular weight excluding hydrogens is 266 g/mol. The highest BCUT2D eigenvalue weighted by atomic mass is 32.1. The summed E-state index contributed by atoms with van der Waals surface area (Å²) in [6, 6.07) is -0.487. The summed E-state index contributed by atoms with van der Waals surface area (Å²) in [5.41, 5.74) is -0.0578. The fourth-order valence-electron chi connectivity index (χ4n) is 2.18.